The number of aromatic nitrogens is 5. The summed E-state index contributed by atoms with van der Waals surface area (Å²) in [6.45, 7) is 1.61. The quantitative estimate of drug-likeness (QED) is 0.823. The third kappa shape index (κ3) is 1.97. The number of anilines is 2. The second-order valence-corrected chi connectivity index (χ2v) is 5.11. The lowest BCUT2D eigenvalue weighted by molar-refractivity contribution is 0.0299. The first kappa shape index (κ1) is 11.6. The van der Waals surface area contributed by atoms with E-state index in [1.54, 1.807) is 17.1 Å². The Balaban J connectivity index is 1.68. The molecule has 4 heterocycles. The van der Waals surface area contributed by atoms with E-state index in [4.69, 9.17) is 10.5 Å². The molecule has 104 valence electrons. The molecular formula is C12H15N7O. The monoisotopic (exact) mass is 273 g/mol. The molecular weight excluding hydrogens is 258 g/mol. The normalized spacial score (nSPS) is 25.1. The summed E-state index contributed by atoms with van der Waals surface area (Å²) in [5.41, 5.74) is 5.80. The maximum absolute atomic E-state index is 5.82. The van der Waals surface area contributed by atoms with Crippen LogP contribution < -0.4 is 10.6 Å². The summed E-state index contributed by atoms with van der Waals surface area (Å²) in [5, 5.41) is 4.12. The maximum Gasteiger partial charge on any atom is 0.257 e. The number of fused-ring (bicyclic) bond motifs is 2. The molecule has 4 rings (SSSR count). The van der Waals surface area contributed by atoms with E-state index in [0.717, 1.165) is 25.9 Å². The molecule has 2 aliphatic rings. The average molecular weight is 273 g/mol. The van der Waals surface area contributed by atoms with E-state index in [1.807, 2.05) is 6.07 Å². The van der Waals surface area contributed by atoms with Crippen LogP contribution in [0.2, 0.25) is 0 Å². The topological polar surface area (TPSA) is 95.0 Å². The van der Waals surface area contributed by atoms with Gasteiger partial charge >= 0.3 is 0 Å². The fourth-order valence-corrected chi connectivity index (χ4v) is 2.78. The highest BCUT2D eigenvalue weighted by Gasteiger charge is 2.35. The third-order valence-corrected chi connectivity index (χ3v) is 3.66. The smallest absolute Gasteiger partial charge is 0.257 e. The largest absolute Gasteiger partial charge is 0.371 e. The SMILES string of the molecule is Nc1nc(N2CC3CCC(C2)O3)nc(-n2cccn2)n1. The number of nitrogens with two attached hydrogens (primary N) is 1. The van der Waals surface area contributed by atoms with Gasteiger partial charge in [-0.25, -0.2) is 4.68 Å². The van der Waals surface area contributed by atoms with E-state index in [-0.39, 0.29) is 18.2 Å². The van der Waals surface area contributed by atoms with Gasteiger partial charge in [0.25, 0.3) is 5.95 Å². The fourth-order valence-electron chi connectivity index (χ4n) is 2.78. The van der Waals surface area contributed by atoms with E-state index >= 15 is 0 Å². The molecule has 0 spiro atoms. The van der Waals surface area contributed by atoms with Crippen molar-refractivity contribution in [3.63, 3.8) is 0 Å². The summed E-state index contributed by atoms with van der Waals surface area (Å²) < 4.78 is 7.40. The standard InChI is InChI=1S/C12H15N7O/c13-10-15-11(17-12(16-10)19-5-1-4-14-19)18-6-8-2-3-9(7-18)20-8/h1,4-5,8-9H,2-3,6-7H2,(H2,13,15,16,17). The summed E-state index contributed by atoms with van der Waals surface area (Å²) >= 11 is 0. The number of rotatable bonds is 2. The van der Waals surface area contributed by atoms with Crippen LogP contribution >= 0.6 is 0 Å². The van der Waals surface area contributed by atoms with Crippen LogP contribution in [-0.2, 0) is 4.74 Å². The molecule has 8 heteroatoms. The predicted octanol–water partition coefficient (Wildman–Crippen LogP) is 0.00710. The minimum absolute atomic E-state index is 0.208. The van der Waals surface area contributed by atoms with Crippen molar-refractivity contribution in [3.8, 4) is 5.95 Å². The molecule has 0 radical (unpaired) electrons. The first-order valence-corrected chi connectivity index (χ1v) is 6.70. The summed E-state index contributed by atoms with van der Waals surface area (Å²) in [6.07, 6.45) is 6.22. The van der Waals surface area contributed by atoms with E-state index in [9.17, 15) is 0 Å². The van der Waals surface area contributed by atoms with Gasteiger partial charge in [-0.2, -0.15) is 20.1 Å². The van der Waals surface area contributed by atoms with Crippen molar-refractivity contribution in [1.29, 1.82) is 0 Å². The molecule has 0 aromatic carbocycles. The van der Waals surface area contributed by atoms with E-state index in [0.29, 0.717) is 11.9 Å². The first-order chi connectivity index (χ1) is 9.78. The molecule has 0 amide bonds. The zero-order chi connectivity index (χ0) is 13.5. The molecule has 2 atom stereocenters. The predicted molar refractivity (Wildman–Crippen MR) is 71.5 cm³/mol. The summed E-state index contributed by atoms with van der Waals surface area (Å²) in [6, 6.07) is 1.81. The van der Waals surface area contributed by atoms with Crippen LogP contribution in [0.15, 0.2) is 18.5 Å². The Morgan fingerprint density at radius 3 is 2.55 bits per heavy atom. The number of hydrogen-bond donors (Lipinski definition) is 1. The van der Waals surface area contributed by atoms with Crippen LogP contribution in [0.5, 0.6) is 0 Å². The molecule has 2 unspecified atom stereocenters. The number of nitrogens with zero attached hydrogens (tertiary/aromatic N) is 6. The van der Waals surface area contributed by atoms with Gasteiger partial charge in [0.05, 0.1) is 12.2 Å². The van der Waals surface area contributed by atoms with Crippen LogP contribution in [0.25, 0.3) is 5.95 Å². The average Bonchev–Trinajstić information content (AvgIpc) is 3.08. The number of nitrogen functional groups attached to an aromatic ring is 1. The van der Waals surface area contributed by atoms with Crippen LogP contribution in [0.4, 0.5) is 11.9 Å². The summed E-state index contributed by atoms with van der Waals surface area (Å²) in [4.78, 5) is 15.0. The molecule has 20 heavy (non-hydrogen) atoms. The minimum atomic E-state index is 0.208. The van der Waals surface area contributed by atoms with Gasteiger partial charge in [0.1, 0.15) is 0 Å². The van der Waals surface area contributed by atoms with Crippen LogP contribution in [0, 0.1) is 0 Å². The van der Waals surface area contributed by atoms with E-state index in [2.05, 4.69) is 25.0 Å². The van der Waals surface area contributed by atoms with Crippen molar-refractivity contribution >= 4 is 11.9 Å². The Morgan fingerprint density at radius 1 is 1.10 bits per heavy atom. The van der Waals surface area contributed by atoms with Gasteiger partial charge in [0, 0.05) is 25.5 Å². The highest BCUT2D eigenvalue weighted by molar-refractivity contribution is 5.38. The molecule has 2 aromatic rings. The summed E-state index contributed by atoms with van der Waals surface area (Å²) in [5.74, 6) is 1.25. The van der Waals surface area contributed by atoms with E-state index in [1.165, 1.54) is 0 Å². The van der Waals surface area contributed by atoms with Crippen LogP contribution in [0.3, 0.4) is 0 Å². The Bertz CT molecular complexity index is 602. The van der Waals surface area contributed by atoms with Crippen LogP contribution in [0.1, 0.15) is 12.8 Å². The summed E-state index contributed by atoms with van der Waals surface area (Å²) in [7, 11) is 0. The number of hydrogen-bond acceptors (Lipinski definition) is 7. The Hall–Kier alpha value is -2.22. The van der Waals surface area contributed by atoms with Gasteiger partial charge < -0.3 is 15.4 Å². The molecule has 2 fully saturated rings. The highest BCUT2D eigenvalue weighted by atomic mass is 16.5. The Morgan fingerprint density at radius 2 is 1.85 bits per heavy atom. The maximum atomic E-state index is 5.82. The lowest BCUT2D eigenvalue weighted by Crippen LogP contribution is -2.43. The van der Waals surface area contributed by atoms with Crippen molar-refractivity contribution < 1.29 is 4.74 Å². The van der Waals surface area contributed by atoms with Gasteiger partial charge in [-0.1, -0.05) is 0 Å². The zero-order valence-corrected chi connectivity index (χ0v) is 10.9. The third-order valence-electron chi connectivity index (χ3n) is 3.66. The van der Waals surface area contributed by atoms with Crippen molar-refractivity contribution in [3.05, 3.63) is 18.5 Å². The molecule has 2 N–H and O–H groups in total. The van der Waals surface area contributed by atoms with Crippen molar-refractivity contribution in [2.45, 2.75) is 25.0 Å². The molecule has 2 bridgehead atoms. The molecule has 0 aliphatic carbocycles. The van der Waals surface area contributed by atoms with Gasteiger partial charge in [0.2, 0.25) is 11.9 Å². The molecule has 2 aliphatic heterocycles. The van der Waals surface area contributed by atoms with Crippen LogP contribution in [-0.4, -0.2) is 50.0 Å². The zero-order valence-electron chi connectivity index (χ0n) is 10.9. The van der Waals surface area contributed by atoms with Gasteiger partial charge in [-0.05, 0) is 18.9 Å². The number of ether oxygens (including phenoxy) is 1. The van der Waals surface area contributed by atoms with E-state index < -0.39 is 0 Å². The molecule has 0 saturated carbocycles. The van der Waals surface area contributed by atoms with Gasteiger partial charge in [-0.15, -0.1) is 0 Å². The Kier molecular flexibility index (Phi) is 2.56. The highest BCUT2D eigenvalue weighted by Crippen LogP contribution is 2.28. The van der Waals surface area contributed by atoms with Crippen molar-refractivity contribution in [1.82, 2.24) is 24.7 Å². The molecule has 2 saturated heterocycles. The Labute approximate surface area is 115 Å². The molecule has 2 aromatic heterocycles. The lowest BCUT2D eigenvalue weighted by Gasteiger charge is -2.32. The second kappa shape index (κ2) is 4.41. The van der Waals surface area contributed by atoms with Crippen molar-refractivity contribution in [2.24, 2.45) is 0 Å². The van der Waals surface area contributed by atoms with Crippen molar-refractivity contribution in [2.75, 3.05) is 23.7 Å². The number of morpholine rings is 1. The molecule has 8 nitrogen and oxygen atoms in total. The lowest BCUT2D eigenvalue weighted by atomic mass is 10.2. The second-order valence-electron chi connectivity index (χ2n) is 5.11. The van der Waals surface area contributed by atoms with Gasteiger partial charge in [0.15, 0.2) is 0 Å². The first-order valence-electron chi connectivity index (χ1n) is 6.70. The minimum Gasteiger partial charge on any atom is -0.371 e. The fraction of sp³-hybridized carbons (Fsp3) is 0.500. The van der Waals surface area contributed by atoms with Gasteiger partial charge in [-0.3, -0.25) is 0 Å².